The lowest BCUT2D eigenvalue weighted by Gasteiger charge is -2.23. The summed E-state index contributed by atoms with van der Waals surface area (Å²) >= 11 is 0. The minimum atomic E-state index is -0.781. The van der Waals surface area contributed by atoms with E-state index in [1.807, 2.05) is 6.92 Å². The van der Waals surface area contributed by atoms with Gasteiger partial charge in [-0.3, -0.25) is 4.79 Å². The standard InChI is InChI=1S/C21H29N3O5/c1-13-11-18(25)28-17-12-14(8-9-15(13)17)23-19(26)16(7-5-6-10-22)24-20(27)29-21(2,3)4/h8-9,11-12,16H,5-7,10,22H2,1-4H3,(H,23,26)(H,24,27). The molecule has 1 unspecified atom stereocenters. The first-order valence-corrected chi connectivity index (χ1v) is 9.64. The number of anilines is 1. The highest BCUT2D eigenvalue weighted by molar-refractivity contribution is 5.98. The van der Waals surface area contributed by atoms with Crippen molar-refractivity contribution < 1.29 is 18.7 Å². The van der Waals surface area contributed by atoms with E-state index in [2.05, 4.69) is 10.6 Å². The van der Waals surface area contributed by atoms with E-state index in [9.17, 15) is 14.4 Å². The van der Waals surface area contributed by atoms with Crippen LogP contribution >= 0.6 is 0 Å². The number of carbonyl (C=O) groups excluding carboxylic acids is 2. The summed E-state index contributed by atoms with van der Waals surface area (Å²) in [6.45, 7) is 7.57. The second-order valence-electron chi connectivity index (χ2n) is 7.93. The molecule has 29 heavy (non-hydrogen) atoms. The summed E-state index contributed by atoms with van der Waals surface area (Å²) in [6.07, 6.45) is 1.17. The molecule has 158 valence electrons. The van der Waals surface area contributed by atoms with Gasteiger partial charge in [-0.1, -0.05) is 0 Å². The Labute approximate surface area is 169 Å². The molecule has 1 aromatic carbocycles. The zero-order chi connectivity index (χ0) is 21.6. The first-order chi connectivity index (χ1) is 13.6. The second kappa shape index (κ2) is 9.56. The van der Waals surface area contributed by atoms with Crippen molar-refractivity contribution in [1.29, 1.82) is 0 Å². The third kappa shape index (κ3) is 6.90. The normalized spacial score (nSPS) is 12.4. The van der Waals surface area contributed by atoms with Crippen LogP contribution in [0.4, 0.5) is 10.5 Å². The van der Waals surface area contributed by atoms with E-state index in [1.54, 1.807) is 39.0 Å². The van der Waals surface area contributed by atoms with Gasteiger partial charge in [0.15, 0.2) is 0 Å². The van der Waals surface area contributed by atoms with Gasteiger partial charge in [-0.15, -0.1) is 0 Å². The molecule has 0 aliphatic heterocycles. The van der Waals surface area contributed by atoms with Gasteiger partial charge < -0.3 is 25.5 Å². The van der Waals surface area contributed by atoms with Gasteiger partial charge in [0.25, 0.3) is 0 Å². The van der Waals surface area contributed by atoms with E-state index in [0.717, 1.165) is 17.4 Å². The zero-order valence-corrected chi connectivity index (χ0v) is 17.3. The van der Waals surface area contributed by atoms with Crippen molar-refractivity contribution in [2.75, 3.05) is 11.9 Å². The minimum absolute atomic E-state index is 0.382. The smallest absolute Gasteiger partial charge is 0.408 e. The molecule has 0 aliphatic carbocycles. The predicted octanol–water partition coefficient (Wildman–Crippen LogP) is 3.06. The minimum Gasteiger partial charge on any atom is -0.444 e. The number of hydrogen-bond acceptors (Lipinski definition) is 6. The summed E-state index contributed by atoms with van der Waals surface area (Å²) in [5, 5.41) is 6.17. The Morgan fingerprint density at radius 3 is 2.59 bits per heavy atom. The molecule has 2 rings (SSSR count). The first kappa shape index (κ1) is 22.4. The van der Waals surface area contributed by atoms with E-state index < -0.39 is 23.4 Å². The van der Waals surface area contributed by atoms with E-state index in [0.29, 0.717) is 30.7 Å². The molecule has 8 heteroatoms. The second-order valence-corrected chi connectivity index (χ2v) is 7.93. The van der Waals surface area contributed by atoms with E-state index >= 15 is 0 Å². The molecule has 4 N–H and O–H groups in total. The zero-order valence-electron chi connectivity index (χ0n) is 17.3. The lowest BCUT2D eigenvalue weighted by molar-refractivity contribution is -0.118. The highest BCUT2D eigenvalue weighted by Gasteiger charge is 2.24. The summed E-state index contributed by atoms with van der Waals surface area (Å²) in [5.74, 6) is -0.387. The molecule has 0 bridgehead atoms. The first-order valence-electron chi connectivity index (χ1n) is 9.64. The maximum Gasteiger partial charge on any atom is 0.408 e. The Hall–Kier alpha value is -2.87. The van der Waals surface area contributed by atoms with Crippen molar-refractivity contribution in [3.8, 4) is 0 Å². The molecule has 0 fully saturated rings. The number of hydrogen-bond donors (Lipinski definition) is 3. The van der Waals surface area contributed by atoms with Gasteiger partial charge in [0.2, 0.25) is 5.91 Å². The number of ether oxygens (including phenoxy) is 1. The summed E-state index contributed by atoms with van der Waals surface area (Å²) in [4.78, 5) is 36.5. The van der Waals surface area contributed by atoms with Crippen LogP contribution in [-0.2, 0) is 9.53 Å². The van der Waals surface area contributed by atoms with Crippen molar-refractivity contribution >= 4 is 28.7 Å². The molecule has 0 saturated carbocycles. The Morgan fingerprint density at radius 1 is 1.21 bits per heavy atom. The van der Waals surface area contributed by atoms with E-state index in [-0.39, 0.29) is 5.91 Å². The highest BCUT2D eigenvalue weighted by Crippen LogP contribution is 2.21. The maximum atomic E-state index is 12.8. The number of fused-ring (bicyclic) bond motifs is 1. The summed E-state index contributed by atoms with van der Waals surface area (Å²) < 4.78 is 10.5. The van der Waals surface area contributed by atoms with Crippen LogP contribution in [0, 0.1) is 6.92 Å². The largest absolute Gasteiger partial charge is 0.444 e. The van der Waals surface area contributed by atoms with Crippen LogP contribution in [-0.4, -0.2) is 30.2 Å². The molecule has 8 nitrogen and oxygen atoms in total. The van der Waals surface area contributed by atoms with Crippen LogP contribution in [0.2, 0.25) is 0 Å². The number of benzene rings is 1. The quantitative estimate of drug-likeness (QED) is 0.482. The fraction of sp³-hybridized carbons (Fsp3) is 0.476. The number of carbonyl (C=O) groups is 2. The number of aryl methyl sites for hydroxylation is 1. The molecular formula is C21H29N3O5. The van der Waals surface area contributed by atoms with Crippen LogP contribution in [0.25, 0.3) is 11.0 Å². The Balaban J connectivity index is 2.16. The third-order valence-electron chi connectivity index (χ3n) is 4.17. The van der Waals surface area contributed by atoms with Crippen molar-refractivity contribution in [3.05, 3.63) is 40.2 Å². The van der Waals surface area contributed by atoms with Crippen LogP contribution < -0.4 is 22.0 Å². The van der Waals surface area contributed by atoms with E-state index in [1.165, 1.54) is 6.07 Å². The van der Waals surface area contributed by atoms with Crippen LogP contribution in [0.5, 0.6) is 0 Å². The summed E-state index contributed by atoms with van der Waals surface area (Å²) in [7, 11) is 0. The molecule has 0 aliphatic rings. The topological polar surface area (TPSA) is 124 Å². The number of rotatable bonds is 7. The predicted molar refractivity (Wildman–Crippen MR) is 112 cm³/mol. The van der Waals surface area contributed by atoms with Gasteiger partial charge in [-0.05, 0) is 71.2 Å². The molecule has 0 radical (unpaired) electrons. The van der Waals surface area contributed by atoms with Crippen LogP contribution in [0.3, 0.4) is 0 Å². The number of nitrogens with one attached hydrogen (secondary N) is 2. The van der Waals surface area contributed by atoms with Gasteiger partial charge in [0.05, 0.1) is 0 Å². The molecule has 0 saturated heterocycles. The van der Waals surface area contributed by atoms with Gasteiger partial charge in [0, 0.05) is 23.2 Å². The Morgan fingerprint density at radius 2 is 1.93 bits per heavy atom. The molecule has 0 spiro atoms. The van der Waals surface area contributed by atoms with Crippen molar-refractivity contribution in [3.63, 3.8) is 0 Å². The fourth-order valence-corrected chi connectivity index (χ4v) is 2.84. The third-order valence-corrected chi connectivity index (χ3v) is 4.17. The maximum absolute atomic E-state index is 12.8. The Kier molecular flexibility index (Phi) is 7.39. The van der Waals surface area contributed by atoms with Gasteiger partial charge >= 0.3 is 11.7 Å². The fourth-order valence-electron chi connectivity index (χ4n) is 2.84. The molecule has 1 atom stereocenters. The molecule has 2 amide bonds. The van der Waals surface area contributed by atoms with Crippen molar-refractivity contribution in [2.45, 2.75) is 58.6 Å². The summed E-state index contributed by atoms with van der Waals surface area (Å²) in [6, 6.07) is 5.72. The number of unbranched alkanes of at least 4 members (excludes halogenated alkanes) is 1. The van der Waals surface area contributed by atoms with Crippen LogP contribution in [0.1, 0.15) is 45.6 Å². The van der Waals surface area contributed by atoms with Crippen LogP contribution in [0.15, 0.2) is 33.5 Å². The van der Waals surface area contributed by atoms with Gasteiger partial charge in [0.1, 0.15) is 17.2 Å². The number of alkyl carbamates (subject to hydrolysis) is 1. The van der Waals surface area contributed by atoms with Crippen molar-refractivity contribution in [1.82, 2.24) is 5.32 Å². The lowest BCUT2D eigenvalue weighted by Crippen LogP contribution is -2.45. The highest BCUT2D eigenvalue weighted by atomic mass is 16.6. The Bertz CT molecular complexity index is 930. The van der Waals surface area contributed by atoms with Crippen molar-refractivity contribution in [2.24, 2.45) is 5.73 Å². The SMILES string of the molecule is Cc1cc(=O)oc2cc(NC(=O)C(CCCCN)NC(=O)OC(C)(C)C)ccc12. The monoisotopic (exact) mass is 403 g/mol. The summed E-state index contributed by atoms with van der Waals surface area (Å²) in [5.41, 5.74) is 6.04. The molecule has 1 heterocycles. The van der Waals surface area contributed by atoms with Gasteiger partial charge in [-0.2, -0.15) is 0 Å². The molecule has 2 aromatic rings. The lowest BCUT2D eigenvalue weighted by atomic mass is 10.1. The average molecular weight is 403 g/mol. The number of nitrogens with two attached hydrogens (primary N) is 1. The molecule has 1 aromatic heterocycles. The average Bonchev–Trinajstić information content (AvgIpc) is 2.58. The molecular weight excluding hydrogens is 374 g/mol. The number of amides is 2. The van der Waals surface area contributed by atoms with E-state index in [4.69, 9.17) is 14.9 Å². The van der Waals surface area contributed by atoms with Gasteiger partial charge in [-0.25, -0.2) is 9.59 Å².